The van der Waals surface area contributed by atoms with E-state index in [1.165, 1.54) is 11.1 Å². The maximum Gasteiger partial charge on any atom is 0.148 e. The third kappa shape index (κ3) is 5.30. The van der Waals surface area contributed by atoms with Gasteiger partial charge in [0.25, 0.3) is 0 Å². The summed E-state index contributed by atoms with van der Waals surface area (Å²) in [7, 11) is 0. The number of aryl methyl sites for hydroxylation is 2. The smallest absolute Gasteiger partial charge is 0.148 e. The number of nitrogens with zero attached hydrogens (tertiary/aromatic N) is 4. The van der Waals surface area contributed by atoms with Crippen molar-refractivity contribution in [1.29, 1.82) is 0 Å². The van der Waals surface area contributed by atoms with Crippen molar-refractivity contribution in [2.45, 2.75) is 19.4 Å². The molecule has 6 nitrogen and oxygen atoms in total. The van der Waals surface area contributed by atoms with Crippen molar-refractivity contribution in [3.05, 3.63) is 113 Å². The molecule has 0 aliphatic heterocycles. The van der Waals surface area contributed by atoms with Crippen LogP contribution >= 0.6 is 0 Å². The molecule has 0 amide bonds. The van der Waals surface area contributed by atoms with Crippen LogP contribution in [0.1, 0.15) is 28.2 Å². The Morgan fingerprint density at radius 3 is 2.52 bits per heavy atom. The second-order valence-electron chi connectivity index (χ2n) is 7.73. The molecule has 6 heteroatoms. The second kappa shape index (κ2) is 9.87. The van der Waals surface area contributed by atoms with Gasteiger partial charge in [-0.25, -0.2) is 10.1 Å². The van der Waals surface area contributed by atoms with Gasteiger partial charge in [-0.15, -0.1) is 5.10 Å². The van der Waals surface area contributed by atoms with Crippen LogP contribution in [-0.4, -0.2) is 25.6 Å². The van der Waals surface area contributed by atoms with Gasteiger partial charge < -0.3 is 4.74 Å². The standard InChI is InChI=1S/C27H23N5O/c1-2-6-22(14-18-27-29-31-32-30-27)21(5-1)12-9-20-10-16-25(17-11-20)33-19-24-15-13-23-7-3-4-8-26(23)28-24/h1-13,15-17H,14,18-19H2,(H,29,30,31,32). The number of aromatic amines is 1. The minimum absolute atomic E-state index is 0.439. The van der Waals surface area contributed by atoms with E-state index in [2.05, 4.69) is 86.3 Å². The average Bonchev–Trinajstić information content (AvgIpc) is 3.40. The van der Waals surface area contributed by atoms with Crippen LogP contribution in [0.3, 0.4) is 0 Å². The topological polar surface area (TPSA) is 76.6 Å². The van der Waals surface area contributed by atoms with Crippen LogP contribution in [-0.2, 0) is 19.4 Å². The van der Waals surface area contributed by atoms with E-state index in [-0.39, 0.29) is 0 Å². The van der Waals surface area contributed by atoms with Gasteiger partial charge >= 0.3 is 0 Å². The molecule has 33 heavy (non-hydrogen) atoms. The molecule has 2 aromatic heterocycles. The lowest BCUT2D eigenvalue weighted by atomic mass is 10.0. The van der Waals surface area contributed by atoms with E-state index in [0.717, 1.165) is 46.6 Å². The van der Waals surface area contributed by atoms with E-state index in [1.807, 2.05) is 36.4 Å². The molecule has 0 bridgehead atoms. The van der Waals surface area contributed by atoms with E-state index in [4.69, 9.17) is 4.74 Å². The molecule has 1 N–H and O–H groups in total. The van der Waals surface area contributed by atoms with Gasteiger partial charge in [0.2, 0.25) is 0 Å². The molecule has 0 aliphatic carbocycles. The molecule has 0 saturated carbocycles. The van der Waals surface area contributed by atoms with Crippen molar-refractivity contribution in [2.24, 2.45) is 0 Å². The Hall–Kier alpha value is -4.32. The number of ether oxygens (including phenoxy) is 1. The summed E-state index contributed by atoms with van der Waals surface area (Å²) in [5, 5.41) is 15.2. The number of pyridine rings is 1. The first-order valence-corrected chi connectivity index (χ1v) is 10.9. The largest absolute Gasteiger partial charge is 0.487 e. The van der Waals surface area contributed by atoms with Gasteiger partial charge in [0.05, 0.1) is 11.2 Å². The maximum absolute atomic E-state index is 5.94. The lowest BCUT2D eigenvalue weighted by Gasteiger charge is -2.07. The highest BCUT2D eigenvalue weighted by molar-refractivity contribution is 5.78. The SMILES string of the molecule is C(=Cc1ccccc1CCc1nnn[nH]1)c1ccc(OCc2ccc3ccccc3n2)cc1. The van der Waals surface area contributed by atoms with Crippen molar-refractivity contribution >= 4 is 23.1 Å². The number of aromatic nitrogens is 5. The Balaban J connectivity index is 1.21. The van der Waals surface area contributed by atoms with Gasteiger partial charge in [-0.1, -0.05) is 72.8 Å². The number of hydrogen-bond acceptors (Lipinski definition) is 5. The van der Waals surface area contributed by atoms with Gasteiger partial charge in [-0.3, -0.25) is 0 Å². The highest BCUT2D eigenvalue weighted by atomic mass is 16.5. The Morgan fingerprint density at radius 2 is 1.64 bits per heavy atom. The monoisotopic (exact) mass is 433 g/mol. The number of hydrogen-bond donors (Lipinski definition) is 1. The van der Waals surface area contributed by atoms with E-state index in [0.29, 0.717) is 6.61 Å². The zero-order valence-electron chi connectivity index (χ0n) is 18.1. The summed E-state index contributed by atoms with van der Waals surface area (Å²) in [5.74, 6) is 1.62. The van der Waals surface area contributed by atoms with Crippen LogP contribution in [0.15, 0.2) is 84.9 Å². The van der Waals surface area contributed by atoms with Crippen LogP contribution in [0.25, 0.3) is 23.1 Å². The lowest BCUT2D eigenvalue weighted by Crippen LogP contribution is -1.98. The van der Waals surface area contributed by atoms with E-state index < -0.39 is 0 Å². The Morgan fingerprint density at radius 1 is 0.788 bits per heavy atom. The van der Waals surface area contributed by atoms with E-state index >= 15 is 0 Å². The molecule has 0 saturated heterocycles. The molecule has 0 unspecified atom stereocenters. The molecule has 5 aromatic rings. The summed E-state index contributed by atoms with van der Waals surface area (Å²) >= 11 is 0. The van der Waals surface area contributed by atoms with Gasteiger partial charge in [-0.2, -0.15) is 0 Å². The lowest BCUT2D eigenvalue weighted by molar-refractivity contribution is 0.302. The zero-order valence-corrected chi connectivity index (χ0v) is 18.1. The summed E-state index contributed by atoms with van der Waals surface area (Å²) in [6.07, 6.45) is 5.90. The minimum atomic E-state index is 0.439. The first-order chi connectivity index (χ1) is 16.3. The molecule has 0 atom stereocenters. The van der Waals surface area contributed by atoms with Crippen LogP contribution in [0, 0.1) is 0 Å². The summed E-state index contributed by atoms with van der Waals surface area (Å²) in [6, 6.07) is 28.7. The second-order valence-corrected chi connectivity index (χ2v) is 7.73. The molecule has 162 valence electrons. The Labute approximate surface area is 192 Å². The van der Waals surface area contributed by atoms with Gasteiger partial charge in [0.1, 0.15) is 18.2 Å². The molecular weight excluding hydrogens is 410 g/mol. The summed E-state index contributed by atoms with van der Waals surface area (Å²) in [5.41, 5.74) is 5.45. The molecule has 0 fully saturated rings. The number of nitrogens with one attached hydrogen (secondary N) is 1. The van der Waals surface area contributed by atoms with Crippen LogP contribution in [0.5, 0.6) is 5.75 Å². The van der Waals surface area contributed by atoms with E-state index in [1.54, 1.807) is 0 Å². The normalized spacial score (nSPS) is 11.3. The zero-order chi connectivity index (χ0) is 22.3. The van der Waals surface area contributed by atoms with Crippen molar-refractivity contribution < 1.29 is 4.74 Å². The Kier molecular flexibility index (Phi) is 6.15. The van der Waals surface area contributed by atoms with Gasteiger partial charge in [-0.05, 0) is 57.8 Å². The van der Waals surface area contributed by atoms with Crippen molar-refractivity contribution in [1.82, 2.24) is 25.6 Å². The Bertz CT molecular complexity index is 1360. The van der Waals surface area contributed by atoms with Crippen molar-refractivity contribution in [2.75, 3.05) is 0 Å². The fraction of sp³-hybridized carbons (Fsp3) is 0.111. The predicted octanol–water partition coefficient (Wildman–Crippen LogP) is 5.28. The van der Waals surface area contributed by atoms with Crippen LogP contribution in [0.2, 0.25) is 0 Å². The molecule has 0 radical (unpaired) electrons. The number of tetrazole rings is 1. The molecular formula is C27H23N5O. The number of para-hydroxylation sites is 1. The highest BCUT2D eigenvalue weighted by Crippen LogP contribution is 2.19. The predicted molar refractivity (Wildman–Crippen MR) is 129 cm³/mol. The molecule has 0 spiro atoms. The highest BCUT2D eigenvalue weighted by Gasteiger charge is 2.03. The molecule has 5 rings (SSSR count). The van der Waals surface area contributed by atoms with Gasteiger partial charge in [0, 0.05) is 11.8 Å². The first-order valence-electron chi connectivity index (χ1n) is 10.9. The quantitative estimate of drug-likeness (QED) is 0.337. The van der Waals surface area contributed by atoms with Gasteiger partial charge in [0.15, 0.2) is 0 Å². The van der Waals surface area contributed by atoms with Crippen LogP contribution in [0.4, 0.5) is 0 Å². The molecule has 3 aromatic carbocycles. The fourth-order valence-electron chi connectivity index (χ4n) is 3.67. The summed E-state index contributed by atoms with van der Waals surface area (Å²) in [4.78, 5) is 4.66. The summed E-state index contributed by atoms with van der Waals surface area (Å²) < 4.78 is 5.94. The minimum Gasteiger partial charge on any atom is -0.487 e. The van der Waals surface area contributed by atoms with Crippen molar-refractivity contribution in [3.8, 4) is 5.75 Å². The third-order valence-electron chi connectivity index (χ3n) is 5.45. The number of fused-ring (bicyclic) bond motifs is 1. The first kappa shape index (κ1) is 20.6. The molecule has 0 aliphatic rings. The summed E-state index contributed by atoms with van der Waals surface area (Å²) in [6.45, 7) is 0.439. The number of H-pyrrole nitrogens is 1. The average molecular weight is 434 g/mol. The van der Waals surface area contributed by atoms with Crippen molar-refractivity contribution in [3.63, 3.8) is 0 Å². The van der Waals surface area contributed by atoms with E-state index in [9.17, 15) is 0 Å². The molecule has 2 heterocycles. The number of rotatable bonds is 8. The number of benzene rings is 3. The van der Waals surface area contributed by atoms with Crippen LogP contribution < -0.4 is 4.74 Å². The third-order valence-corrected chi connectivity index (χ3v) is 5.45. The maximum atomic E-state index is 5.94. The fourth-order valence-corrected chi connectivity index (χ4v) is 3.67.